The predicted octanol–water partition coefficient (Wildman–Crippen LogP) is 2.39. The molecule has 3 N–H and O–H groups in total. The summed E-state index contributed by atoms with van der Waals surface area (Å²) in [6.07, 6.45) is 2.21. The van der Waals surface area contributed by atoms with Crippen LogP contribution in [0.25, 0.3) is 0 Å². The Kier molecular flexibility index (Phi) is 8.19. The summed E-state index contributed by atoms with van der Waals surface area (Å²) in [5.41, 5.74) is 1.08. The zero-order chi connectivity index (χ0) is 27.6. The third-order valence-electron chi connectivity index (χ3n) is 6.78. The highest BCUT2D eigenvalue weighted by molar-refractivity contribution is 7.89. The predicted molar refractivity (Wildman–Crippen MR) is 143 cm³/mol. The number of thiophene rings is 1. The molecule has 0 spiro atoms. The van der Waals surface area contributed by atoms with Crippen molar-refractivity contribution >= 4 is 50.1 Å². The number of carbonyl (C=O) groups is 4. The third kappa shape index (κ3) is 5.74. The van der Waals surface area contributed by atoms with Gasteiger partial charge < -0.3 is 15.5 Å². The summed E-state index contributed by atoms with van der Waals surface area (Å²) in [6.45, 7) is 5.15. The van der Waals surface area contributed by atoms with Crippen molar-refractivity contribution in [3.05, 3.63) is 45.8 Å². The zero-order valence-corrected chi connectivity index (χ0v) is 23.1. The SMILES string of the molecule is CNC(=O)NC(=O)c1c(NC(=O)c2ccc(S(=O)(=O)N3CCCC(C)C3)cc2)sc2c1CCN(C(C)=O)C2. The number of imide groups is 1. The third-order valence-corrected chi connectivity index (χ3v) is 9.80. The smallest absolute Gasteiger partial charge is 0.321 e. The van der Waals surface area contributed by atoms with E-state index in [1.54, 1.807) is 4.90 Å². The highest BCUT2D eigenvalue weighted by Gasteiger charge is 2.31. The molecular weight excluding hydrogens is 530 g/mol. The van der Waals surface area contributed by atoms with E-state index in [4.69, 9.17) is 0 Å². The van der Waals surface area contributed by atoms with Crippen LogP contribution in [0, 0.1) is 5.92 Å². The first kappa shape index (κ1) is 27.7. The molecular formula is C25H31N5O6S2. The molecule has 0 aliphatic carbocycles. The van der Waals surface area contributed by atoms with E-state index in [1.165, 1.54) is 53.9 Å². The number of piperidine rings is 1. The van der Waals surface area contributed by atoms with Crippen molar-refractivity contribution in [2.45, 2.75) is 44.6 Å². The number of fused-ring (bicyclic) bond motifs is 1. The standard InChI is InChI=1S/C25H31N5O6S2/c1-15-5-4-11-30(13-15)38(35,36)18-8-6-17(7-9-18)22(32)27-24-21(23(33)28-25(34)26-3)19-10-12-29(16(2)31)14-20(19)37-24/h6-9,15H,4-5,10-14H2,1-3H3,(H,27,32)(H2,26,28,33,34). The Balaban J connectivity index is 1.58. The number of hydrogen-bond acceptors (Lipinski definition) is 7. The molecule has 0 bridgehead atoms. The lowest BCUT2D eigenvalue weighted by atomic mass is 10.0. The van der Waals surface area contributed by atoms with Gasteiger partial charge in [0.1, 0.15) is 5.00 Å². The Hall–Kier alpha value is -3.29. The second-order valence-corrected chi connectivity index (χ2v) is 12.6. The highest BCUT2D eigenvalue weighted by Crippen LogP contribution is 2.37. The average Bonchev–Trinajstić information content (AvgIpc) is 3.25. The van der Waals surface area contributed by atoms with Crippen LogP contribution in [-0.4, -0.2) is 68.1 Å². The van der Waals surface area contributed by atoms with E-state index in [0.29, 0.717) is 38.2 Å². The van der Waals surface area contributed by atoms with Crippen molar-refractivity contribution < 1.29 is 27.6 Å². The van der Waals surface area contributed by atoms with Gasteiger partial charge in [-0.3, -0.25) is 19.7 Å². The second kappa shape index (κ2) is 11.2. The summed E-state index contributed by atoms with van der Waals surface area (Å²) in [5, 5.41) is 7.58. The summed E-state index contributed by atoms with van der Waals surface area (Å²) < 4.78 is 27.6. The van der Waals surface area contributed by atoms with Crippen LogP contribution in [0.1, 0.15) is 57.8 Å². The molecule has 13 heteroatoms. The van der Waals surface area contributed by atoms with Gasteiger partial charge in [-0.2, -0.15) is 4.31 Å². The molecule has 11 nitrogen and oxygen atoms in total. The molecule has 1 aromatic heterocycles. The minimum absolute atomic E-state index is 0.0972. The molecule has 1 saturated heterocycles. The molecule has 5 amide bonds. The van der Waals surface area contributed by atoms with Crippen molar-refractivity contribution in [1.82, 2.24) is 19.8 Å². The van der Waals surface area contributed by atoms with Gasteiger partial charge in [-0.05, 0) is 55.0 Å². The van der Waals surface area contributed by atoms with Gasteiger partial charge in [0.15, 0.2) is 0 Å². The lowest BCUT2D eigenvalue weighted by Crippen LogP contribution is -2.39. The van der Waals surface area contributed by atoms with Crippen molar-refractivity contribution in [2.75, 3.05) is 32.0 Å². The highest BCUT2D eigenvalue weighted by atomic mass is 32.2. The van der Waals surface area contributed by atoms with E-state index < -0.39 is 27.9 Å². The molecule has 4 rings (SSSR count). The van der Waals surface area contributed by atoms with Crippen molar-refractivity contribution in [3.63, 3.8) is 0 Å². The molecule has 2 aliphatic heterocycles. The van der Waals surface area contributed by atoms with Gasteiger partial charge in [0.2, 0.25) is 15.9 Å². The molecule has 2 aromatic rings. The molecule has 3 heterocycles. The van der Waals surface area contributed by atoms with Crippen LogP contribution in [0.2, 0.25) is 0 Å². The van der Waals surface area contributed by atoms with Gasteiger partial charge in [-0.25, -0.2) is 13.2 Å². The Bertz CT molecular complexity index is 1370. The maximum absolute atomic E-state index is 13.1. The molecule has 204 valence electrons. The summed E-state index contributed by atoms with van der Waals surface area (Å²) in [5.74, 6) is -1.00. The summed E-state index contributed by atoms with van der Waals surface area (Å²) in [4.78, 5) is 52.3. The molecule has 1 atom stereocenters. The number of anilines is 1. The topological polar surface area (TPSA) is 145 Å². The first-order valence-corrected chi connectivity index (χ1v) is 14.6. The lowest BCUT2D eigenvalue weighted by Gasteiger charge is -2.30. The number of sulfonamides is 1. The molecule has 2 aliphatic rings. The van der Waals surface area contributed by atoms with Gasteiger partial charge in [0.25, 0.3) is 11.8 Å². The molecule has 38 heavy (non-hydrogen) atoms. The normalized spacial score (nSPS) is 17.9. The van der Waals surface area contributed by atoms with Crippen LogP contribution in [0.15, 0.2) is 29.2 Å². The van der Waals surface area contributed by atoms with Crippen molar-refractivity contribution in [2.24, 2.45) is 5.92 Å². The zero-order valence-electron chi connectivity index (χ0n) is 21.5. The quantitative estimate of drug-likeness (QED) is 0.511. The minimum Gasteiger partial charge on any atom is -0.341 e. The van der Waals surface area contributed by atoms with E-state index in [2.05, 4.69) is 16.0 Å². The first-order chi connectivity index (χ1) is 18.0. The Morgan fingerprint density at radius 2 is 1.76 bits per heavy atom. The molecule has 1 fully saturated rings. The largest absolute Gasteiger partial charge is 0.341 e. The summed E-state index contributed by atoms with van der Waals surface area (Å²) in [6, 6.07) is 5.00. The maximum Gasteiger partial charge on any atom is 0.321 e. The van der Waals surface area contributed by atoms with Crippen LogP contribution in [0.4, 0.5) is 9.80 Å². The average molecular weight is 562 g/mol. The molecule has 0 saturated carbocycles. The van der Waals surface area contributed by atoms with Crippen LogP contribution in [0.3, 0.4) is 0 Å². The van der Waals surface area contributed by atoms with Gasteiger partial charge >= 0.3 is 6.03 Å². The number of benzene rings is 1. The fourth-order valence-electron chi connectivity index (χ4n) is 4.70. The fourth-order valence-corrected chi connectivity index (χ4v) is 7.55. The molecule has 1 aromatic carbocycles. The van der Waals surface area contributed by atoms with E-state index in [9.17, 15) is 27.6 Å². The van der Waals surface area contributed by atoms with Crippen LogP contribution in [0.5, 0.6) is 0 Å². The number of hydrogen-bond donors (Lipinski definition) is 3. The number of nitrogens with one attached hydrogen (secondary N) is 3. The Labute approximate surface area is 225 Å². The van der Waals surface area contributed by atoms with Crippen LogP contribution in [-0.2, 0) is 27.8 Å². The van der Waals surface area contributed by atoms with Gasteiger partial charge in [0.05, 0.1) is 17.0 Å². The fraction of sp³-hybridized carbons (Fsp3) is 0.440. The van der Waals surface area contributed by atoms with Crippen molar-refractivity contribution in [3.8, 4) is 0 Å². The van der Waals surface area contributed by atoms with E-state index in [1.807, 2.05) is 6.92 Å². The van der Waals surface area contributed by atoms with Crippen molar-refractivity contribution in [1.29, 1.82) is 0 Å². The van der Waals surface area contributed by atoms with Gasteiger partial charge in [0, 0.05) is 44.0 Å². The van der Waals surface area contributed by atoms with Crippen LogP contribution < -0.4 is 16.0 Å². The Morgan fingerprint density at radius 1 is 1.05 bits per heavy atom. The first-order valence-electron chi connectivity index (χ1n) is 12.4. The number of nitrogens with zero attached hydrogens (tertiary/aromatic N) is 2. The molecule has 1 unspecified atom stereocenters. The minimum atomic E-state index is -3.66. The van der Waals surface area contributed by atoms with E-state index in [0.717, 1.165) is 17.7 Å². The summed E-state index contributed by atoms with van der Waals surface area (Å²) in [7, 11) is -2.28. The lowest BCUT2D eigenvalue weighted by molar-refractivity contribution is -0.129. The molecule has 0 radical (unpaired) electrons. The van der Waals surface area contributed by atoms with Gasteiger partial charge in [-0.1, -0.05) is 6.92 Å². The monoisotopic (exact) mass is 561 g/mol. The Morgan fingerprint density at radius 3 is 2.39 bits per heavy atom. The maximum atomic E-state index is 13.1. The van der Waals surface area contributed by atoms with E-state index >= 15 is 0 Å². The number of carbonyl (C=O) groups excluding carboxylic acids is 4. The van der Waals surface area contributed by atoms with E-state index in [-0.39, 0.29) is 32.8 Å². The van der Waals surface area contributed by atoms with Gasteiger partial charge in [-0.15, -0.1) is 11.3 Å². The number of amides is 5. The number of urea groups is 1. The number of rotatable bonds is 5. The van der Waals surface area contributed by atoms with Crippen LogP contribution >= 0.6 is 11.3 Å². The summed E-state index contributed by atoms with van der Waals surface area (Å²) >= 11 is 1.17. The second-order valence-electron chi connectivity index (χ2n) is 9.52.